The first-order valence-corrected chi connectivity index (χ1v) is 7.41. The van der Waals surface area contributed by atoms with Gasteiger partial charge >= 0.3 is 0 Å². The third kappa shape index (κ3) is 3.52. The molecular weight excluding hydrogens is 276 g/mol. The second kappa shape index (κ2) is 6.02. The highest BCUT2D eigenvalue weighted by Crippen LogP contribution is 2.30. The molecule has 1 fully saturated rings. The van der Waals surface area contributed by atoms with Crippen molar-refractivity contribution in [2.24, 2.45) is 5.92 Å². The van der Waals surface area contributed by atoms with Crippen molar-refractivity contribution in [1.29, 1.82) is 0 Å². The van der Waals surface area contributed by atoms with E-state index in [4.69, 9.17) is 0 Å². The molecular formula is C18H18N2O2. The third-order valence-corrected chi connectivity index (χ3v) is 3.62. The minimum Gasteiger partial charge on any atom is -0.326 e. The smallest absolute Gasteiger partial charge is 0.255 e. The molecule has 1 saturated carbocycles. The fraction of sp³-hybridized carbons (Fsp3) is 0.222. The first-order chi connectivity index (χ1) is 10.6. The minimum absolute atomic E-state index is 0.0576. The van der Waals surface area contributed by atoms with E-state index in [1.54, 1.807) is 18.2 Å². The molecule has 0 radical (unpaired) electrons. The Morgan fingerprint density at radius 3 is 2.32 bits per heavy atom. The molecule has 0 saturated heterocycles. The predicted molar refractivity (Wildman–Crippen MR) is 86.9 cm³/mol. The Balaban J connectivity index is 1.69. The molecule has 1 aliphatic carbocycles. The second-order valence-corrected chi connectivity index (χ2v) is 5.67. The molecule has 4 nitrogen and oxygen atoms in total. The number of rotatable bonds is 4. The topological polar surface area (TPSA) is 58.2 Å². The first kappa shape index (κ1) is 14.3. The Morgan fingerprint density at radius 1 is 0.955 bits per heavy atom. The normalized spacial score (nSPS) is 13.5. The second-order valence-electron chi connectivity index (χ2n) is 5.67. The number of carbonyl (C=O) groups excluding carboxylic acids is 2. The van der Waals surface area contributed by atoms with E-state index >= 15 is 0 Å². The first-order valence-electron chi connectivity index (χ1n) is 7.41. The maximum Gasteiger partial charge on any atom is 0.255 e. The van der Waals surface area contributed by atoms with Gasteiger partial charge in [0.1, 0.15) is 0 Å². The summed E-state index contributed by atoms with van der Waals surface area (Å²) in [7, 11) is 0. The highest BCUT2D eigenvalue weighted by atomic mass is 16.2. The molecule has 0 bridgehead atoms. The van der Waals surface area contributed by atoms with Crippen LogP contribution in [0.25, 0.3) is 0 Å². The summed E-state index contributed by atoms with van der Waals surface area (Å²) in [5.74, 6) is 0.0575. The van der Waals surface area contributed by atoms with E-state index in [1.807, 2.05) is 37.3 Å². The summed E-state index contributed by atoms with van der Waals surface area (Å²) >= 11 is 0. The van der Waals surface area contributed by atoms with E-state index in [9.17, 15) is 9.59 Å². The van der Waals surface area contributed by atoms with Gasteiger partial charge in [-0.15, -0.1) is 0 Å². The van der Waals surface area contributed by atoms with Crippen LogP contribution in [0.5, 0.6) is 0 Å². The SMILES string of the molecule is Cc1cccc(C(=O)Nc2cccc(NC(=O)C3CC3)c2)c1. The van der Waals surface area contributed by atoms with Gasteiger partial charge in [-0.05, 0) is 50.1 Å². The van der Waals surface area contributed by atoms with Gasteiger partial charge in [0.2, 0.25) is 5.91 Å². The van der Waals surface area contributed by atoms with E-state index in [-0.39, 0.29) is 17.7 Å². The van der Waals surface area contributed by atoms with Gasteiger partial charge in [-0.2, -0.15) is 0 Å². The molecule has 4 heteroatoms. The van der Waals surface area contributed by atoms with Gasteiger partial charge in [0.25, 0.3) is 5.91 Å². The number of nitrogens with one attached hydrogen (secondary N) is 2. The van der Waals surface area contributed by atoms with Gasteiger partial charge in [-0.25, -0.2) is 0 Å². The summed E-state index contributed by atoms with van der Waals surface area (Å²) in [4.78, 5) is 24.0. The van der Waals surface area contributed by atoms with E-state index in [0.717, 1.165) is 18.4 Å². The standard InChI is InChI=1S/C18H18N2O2/c1-12-4-2-5-14(10-12)18(22)20-16-7-3-6-15(11-16)19-17(21)13-8-9-13/h2-7,10-11,13H,8-9H2,1H3,(H,19,21)(H,20,22). The molecule has 2 amide bonds. The summed E-state index contributed by atoms with van der Waals surface area (Å²) in [6, 6.07) is 14.6. The zero-order valence-electron chi connectivity index (χ0n) is 12.4. The highest BCUT2D eigenvalue weighted by molar-refractivity contribution is 6.04. The van der Waals surface area contributed by atoms with Crippen LogP contribution in [0.1, 0.15) is 28.8 Å². The van der Waals surface area contributed by atoms with Crippen LogP contribution in [0.3, 0.4) is 0 Å². The van der Waals surface area contributed by atoms with Gasteiger partial charge in [0, 0.05) is 22.9 Å². The van der Waals surface area contributed by atoms with Crippen molar-refractivity contribution in [2.45, 2.75) is 19.8 Å². The minimum atomic E-state index is -0.158. The number of aryl methyl sites for hydroxylation is 1. The molecule has 22 heavy (non-hydrogen) atoms. The predicted octanol–water partition coefficient (Wildman–Crippen LogP) is 3.60. The molecule has 0 unspecified atom stereocenters. The van der Waals surface area contributed by atoms with Crippen LogP contribution in [-0.4, -0.2) is 11.8 Å². The van der Waals surface area contributed by atoms with Crippen LogP contribution in [0.4, 0.5) is 11.4 Å². The average molecular weight is 294 g/mol. The van der Waals surface area contributed by atoms with Gasteiger partial charge < -0.3 is 10.6 Å². The average Bonchev–Trinajstić information content (AvgIpc) is 3.32. The molecule has 3 rings (SSSR count). The Bertz CT molecular complexity index is 721. The van der Waals surface area contributed by atoms with Gasteiger partial charge in [-0.3, -0.25) is 9.59 Å². The van der Waals surface area contributed by atoms with Crippen molar-refractivity contribution in [3.05, 3.63) is 59.7 Å². The van der Waals surface area contributed by atoms with Crippen LogP contribution in [-0.2, 0) is 4.79 Å². The van der Waals surface area contributed by atoms with Crippen molar-refractivity contribution in [3.63, 3.8) is 0 Å². The summed E-state index contributed by atoms with van der Waals surface area (Å²) in [6.45, 7) is 1.95. The van der Waals surface area contributed by atoms with Crippen molar-refractivity contribution >= 4 is 23.2 Å². The molecule has 0 spiro atoms. The highest BCUT2D eigenvalue weighted by Gasteiger charge is 2.29. The van der Waals surface area contributed by atoms with Crippen molar-refractivity contribution < 1.29 is 9.59 Å². The molecule has 2 N–H and O–H groups in total. The molecule has 112 valence electrons. The molecule has 1 aliphatic rings. The number of hydrogen-bond donors (Lipinski definition) is 2. The number of anilines is 2. The number of benzene rings is 2. The molecule has 0 heterocycles. The Labute approximate surface area is 129 Å². The fourth-order valence-electron chi connectivity index (χ4n) is 2.25. The number of carbonyl (C=O) groups is 2. The van der Waals surface area contributed by atoms with Gasteiger partial charge in [-0.1, -0.05) is 23.8 Å². The van der Waals surface area contributed by atoms with Crippen molar-refractivity contribution in [1.82, 2.24) is 0 Å². The fourth-order valence-corrected chi connectivity index (χ4v) is 2.25. The van der Waals surface area contributed by atoms with Crippen LogP contribution >= 0.6 is 0 Å². The maximum atomic E-state index is 12.2. The Morgan fingerprint density at radius 2 is 1.64 bits per heavy atom. The van der Waals surface area contributed by atoms with Crippen molar-refractivity contribution in [3.8, 4) is 0 Å². The molecule has 2 aromatic carbocycles. The van der Waals surface area contributed by atoms with Crippen LogP contribution in [0.2, 0.25) is 0 Å². The lowest BCUT2D eigenvalue weighted by molar-refractivity contribution is -0.117. The van der Waals surface area contributed by atoms with Crippen LogP contribution < -0.4 is 10.6 Å². The lowest BCUT2D eigenvalue weighted by Crippen LogP contribution is -2.14. The van der Waals surface area contributed by atoms with Crippen molar-refractivity contribution in [2.75, 3.05) is 10.6 Å². The maximum absolute atomic E-state index is 12.2. The Hall–Kier alpha value is -2.62. The van der Waals surface area contributed by atoms with Crippen LogP contribution in [0.15, 0.2) is 48.5 Å². The zero-order chi connectivity index (χ0) is 15.5. The summed E-state index contributed by atoms with van der Waals surface area (Å²) in [5.41, 5.74) is 3.03. The third-order valence-electron chi connectivity index (χ3n) is 3.62. The number of hydrogen-bond acceptors (Lipinski definition) is 2. The number of amides is 2. The van der Waals surface area contributed by atoms with E-state index in [1.165, 1.54) is 0 Å². The molecule has 0 aliphatic heterocycles. The quantitative estimate of drug-likeness (QED) is 0.905. The lowest BCUT2D eigenvalue weighted by atomic mass is 10.1. The lowest BCUT2D eigenvalue weighted by Gasteiger charge is -2.09. The molecule has 0 aromatic heterocycles. The van der Waals surface area contributed by atoms with Gasteiger partial charge in [0.05, 0.1) is 0 Å². The van der Waals surface area contributed by atoms with E-state index < -0.39 is 0 Å². The van der Waals surface area contributed by atoms with E-state index in [0.29, 0.717) is 16.9 Å². The largest absolute Gasteiger partial charge is 0.326 e. The van der Waals surface area contributed by atoms with Gasteiger partial charge in [0.15, 0.2) is 0 Å². The monoisotopic (exact) mass is 294 g/mol. The molecule has 0 atom stereocenters. The zero-order valence-corrected chi connectivity index (χ0v) is 12.4. The van der Waals surface area contributed by atoms with E-state index in [2.05, 4.69) is 10.6 Å². The summed E-state index contributed by atoms with van der Waals surface area (Å²) < 4.78 is 0. The molecule has 2 aromatic rings. The van der Waals surface area contributed by atoms with Crippen LogP contribution in [0, 0.1) is 12.8 Å². The summed E-state index contributed by atoms with van der Waals surface area (Å²) in [5, 5.41) is 5.73. The Kier molecular flexibility index (Phi) is 3.92. The summed E-state index contributed by atoms with van der Waals surface area (Å²) in [6.07, 6.45) is 1.94.